The lowest BCUT2D eigenvalue weighted by molar-refractivity contribution is 0.146. The van der Waals surface area contributed by atoms with Crippen LogP contribution in [0.15, 0.2) is 6.20 Å². The van der Waals surface area contributed by atoms with Crippen molar-refractivity contribution >= 4 is 23.0 Å². The highest BCUT2D eigenvalue weighted by atomic mass is 32.1. The van der Waals surface area contributed by atoms with Crippen molar-refractivity contribution in [3.05, 3.63) is 11.9 Å². The maximum absolute atomic E-state index is 5.24. The molecular formula is C11H20N4OS. The Labute approximate surface area is 108 Å². The molecule has 6 heteroatoms. The third-order valence-electron chi connectivity index (χ3n) is 2.22. The quantitative estimate of drug-likeness (QED) is 0.596. The van der Waals surface area contributed by atoms with Gasteiger partial charge in [0, 0.05) is 33.0 Å². The number of hydrogen-bond acceptors (Lipinski definition) is 3. The summed E-state index contributed by atoms with van der Waals surface area (Å²) in [7, 11) is 1.89. The van der Waals surface area contributed by atoms with E-state index in [4.69, 9.17) is 17.0 Å². The minimum Gasteiger partial charge on any atom is -0.382 e. The fourth-order valence-corrected chi connectivity index (χ4v) is 1.62. The Morgan fingerprint density at radius 2 is 2.35 bits per heavy atom. The molecule has 96 valence electrons. The molecule has 1 rings (SSSR count). The number of rotatable bonds is 6. The molecule has 0 saturated heterocycles. The molecule has 0 bridgehead atoms. The smallest absolute Gasteiger partial charge is 0.170 e. The summed E-state index contributed by atoms with van der Waals surface area (Å²) in [6.45, 7) is 6.27. The van der Waals surface area contributed by atoms with E-state index in [-0.39, 0.29) is 0 Å². The molecule has 0 aliphatic heterocycles. The molecule has 0 unspecified atom stereocenters. The first-order valence-electron chi connectivity index (χ1n) is 5.76. The normalized spacial score (nSPS) is 10.3. The number of aryl methyl sites for hydroxylation is 2. The van der Waals surface area contributed by atoms with Crippen molar-refractivity contribution < 1.29 is 4.74 Å². The van der Waals surface area contributed by atoms with Gasteiger partial charge in [-0.3, -0.25) is 4.68 Å². The van der Waals surface area contributed by atoms with Gasteiger partial charge < -0.3 is 15.4 Å². The molecule has 0 amide bonds. The molecule has 1 heterocycles. The molecule has 17 heavy (non-hydrogen) atoms. The van der Waals surface area contributed by atoms with Crippen LogP contribution in [-0.4, -0.2) is 34.7 Å². The number of anilines is 1. The molecule has 0 fully saturated rings. The Balaban J connectivity index is 2.23. The molecule has 5 nitrogen and oxygen atoms in total. The zero-order chi connectivity index (χ0) is 12.7. The Morgan fingerprint density at radius 1 is 1.59 bits per heavy atom. The topological polar surface area (TPSA) is 51.1 Å². The second kappa shape index (κ2) is 7.24. The van der Waals surface area contributed by atoms with Crippen molar-refractivity contribution in [2.24, 2.45) is 7.05 Å². The van der Waals surface area contributed by atoms with Gasteiger partial charge in [-0.2, -0.15) is 5.10 Å². The highest BCUT2D eigenvalue weighted by molar-refractivity contribution is 7.80. The van der Waals surface area contributed by atoms with Crippen LogP contribution in [0.4, 0.5) is 5.69 Å². The largest absolute Gasteiger partial charge is 0.382 e. The van der Waals surface area contributed by atoms with Gasteiger partial charge in [0.25, 0.3) is 0 Å². The van der Waals surface area contributed by atoms with E-state index in [9.17, 15) is 0 Å². The van der Waals surface area contributed by atoms with Crippen molar-refractivity contribution in [2.75, 3.05) is 25.1 Å². The summed E-state index contributed by atoms with van der Waals surface area (Å²) in [6, 6.07) is 0. The Kier molecular flexibility index (Phi) is 5.93. The highest BCUT2D eigenvalue weighted by Gasteiger charge is 2.04. The van der Waals surface area contributed by atoms with E-state index < -0.39 is 0 Å². The van der Waals surface area contributed by atoms with E-state index in [2.05, 4.69) is 15.7 Å². The highest BCUT2D eigenvalue weighted by Crippen LogP contribution is 2.10. The third kappa shape index (κ3) is 5.14. The predicted octanol–water partition coefficient (Wildman–Crippen LogP) is 1.44. The van der Waals surface area contributed by atoms with Gasteiger partial charge in [0.2, 0.25) is 0 Å². The van der Waals surface area contributed by atoms with Crippen LogP contribution in [0.5, 0.6) is 0 Å². The third-order valence-corrected chi connectivity index (χ3v) is 2.46. The molecule has 0 aliphatic carbocycles. The summed E-state index contributed by atoms with van der Waals surface area (Å²) >= 11 is 5.18. The van der Waals surface area contributed by atoms with E-state index in [1.807, 2.05) is 27.1 Å². The zero-order valence-electron chi connectivity index (χ0n) is 10.6. The van der Waals surface area contributed by atoms with Crippen molar-refractivity contribution in [3.8, 4) is 0 Å². The molecule has 0 aromatic carbocycles. The zero-order valence-corrected chi connectivity index (χ0v) is 11.4. The molecule has 0 atom stereocenters. The summed E-state index contributed by atoms with van der Waals surface area (Å²) in [6.07, 6.45) is 2.85. The minimum atomic E-state index is 0.623. The lowest BCUT2D eigenvalue weighted by Crippen LogP contribution is -2.29. The summed E-state index contributed by atoms with van der Waals surface area (Å²) < 4.78 is 7.00. The summed E-state index contributed by atoms with van der Waals surface area (Å²) in [5.74, 6) is 0. The first-order chi connectivity index (χ1) is 8.13. The lowest BCUT2D eigenvalue weighted by atomic mass is 10.4. The Hall–Kier alpha value is -1.14. The molecule has 0 aliphatic rings. The van der Waals surface area contributed by atoms with E-state index in [0.717, 1.165) is 37.6 Å². The second-order valence-corrected chi connectivity index (χ2v) is 4.14. The number of aromatic nitrogens is 2. The Bertz CT molecular complexity index is 364. The second-order valence-electron chi connectivity index (χ2n) is 3.73. The Morgan fingerprint density at radius 3 is 2.94 bits per heavy atom. The van der Waals surface area contributed by atoms with Crippen LogP contribution < -0.4 is 10.6 Å². The van der Waals surface area contributed by atoms with Gasteiger partial charge in [-0.05, 0) is 32.5 Å². The number of hydrogen-bond donors (Lipinski definition) is 2. The van der Waals surface area contributed by atoms with E-state index in [1.165, 1.54) is 0 Å². The van der Waals surface area contributed by atoms with Crippen molar-refractivity contribution in [1.82, 2.24) is 15.1 Å². The van der Waals surface area contributed by atoms with Crippen molar-refractivity contribution in [3.63, 3.8) is 0 Å². The standard InChI is InChI=1S/C11H20N4OS/c1-4-16-7-5-6-12-11(17)13-10-8-15(3)14-9(10)2/h8H,4-7H2,1-3H3,(H2,12,13,17). The molecule has 0 spiro atoms. The average molecular weight is 256 g/mol. The molecular weight excluding hydrogens is 236 g/mol. The monoisotopic (exact) mass is 256 g/mol. The molecule has 0 radical (unpaired) electrons. The van der Waals surface area contributed by atoms with Gasteiger partial charge in [-0.15, -0.1) is 0 Å². The van der Waals surface area contributed by atoms with Crippen molar-refractivity contribution in [2.45, 2.75) is 20.3 Å². The van der Waals surface area contributed by atoms with E-state index in [1.54, 1.807) is 4.68 Å². The van der Waals surface area contributed by atoms with Gasteiger partial charge in [-0.1, -0.05) is 0 Å². The summed E-state index contributed by atoms with van der Waals surface area (Å²) in [5.41, 5.74) is 1.88. The number of ether oxygens (including phenoxy) is 1. The number of thiocarbonyl (C=S) groups is 1. The van der Waals surface area contributed by atoms with Gasteiger partial charge in [0.15, 0.2) is 5.11 Å². The fraction of sp³-hybridized carbons (Fsp3) is 0.636. The first kappa shape index (κ1) is 13.9. The van der Waals surface area contributed by atoms with Crippen LogP contribution >= 0.6 is 12.2 Å². The van der Waals surface area contributed by atoms with Gasteiger partial charge in [0.1, 0.15) is 0 Å². The minimum absolute atomic E-state index is 0.623. The van der Waals surface area contributed by atoms with Crippen LogP contribution in [0.25, 0.3) is 0 Å². The van der Waals surface area contributed by atoms with Crippen molar-refractivity contribution in [1.29, 1.82) is 0 Å². The molecule has 2 N–H and O–H groups in total. The fourth-order valence-electron chi connectivity index (χ4n) is 1.41. The predicted molar refractivity (Wildman–Crippen MR) is 73.3 cm³/mol. The van der Waals surface area contributed by atoms with Gasteiger partial charge >= 0.3 is 0 Å². The van der Waals surface area contributed by atoms with Gasteiger partial charge in [-0.25, -0.2) is 0 Å². The maximum Gasteiger partial charge on any atom is 0.170 e. The summed E-state index contributed by atoms with van der Waals surface area (Å²) in [4.78, 5) is 0. The SMILES string of the molecule is CCOCCCNC(=S)Nc1cn(C)nc1C. The molecule has 1 aromatic rings. The van der Waals surface area contributed by atoms with Crippen LogP contribution in [-0.2, 0) is 11.8 Å². The maximum atomic E-state index is 5.24. The first-order valence-corrected chi connectivity index (χ1v) is 6.17. The van der Waals surface area contributed by atoms with Crippen LogP contribution in [0.2, 0.25) is 0 Å². The van der Waals surface area contributed by atoms with E-state index in [0.29, 0.717) is 5.11 Å². The number of nitrogens with one attached hydrogen (secondary N) is 2. The van der Waals surface area contributed by atoms with Crippen LogP contribution in [0, 0.1) is 6.92 Å². The van der Waals surface area contributed by atoms with Gasteiger partial charge in [0.05, 0.1) is 11.4 Å². The average Bonchev–Trinajstić information content (AvgIpc) is 2.57. The van der Waals surface area contributed by atoms with Crippen LogP contribution in [0.1, 0.15) is 19.0 Å². The van der Waals surface area contributed by atoms with E-state index >= 15 is 0 Å². The molecule has 0 saturated carbocycles. The molecule has 1 aromatic heterocycles. The lowest BCUT2D eigenvalue weighted by Gasteiger charge is -2.09. The van der Waals surface area contributed by atoms with Crippen LogP contribution in [0.3, 0.4) is 0 Å². The summed E-state index contributed by atoms with van der Waals surface area (Å²) in [5, 5.41) is 11.1. The number of nitrogens with zero attached hydrogens (tertiary/aromatic N) is 2.